The number of hydrogen-bond donors (Lipinski definition) is 2. The van der Waals surface area contributed by atoms with Crippen molar-refractivity contribution in [3.8, 4) is 17.2 Å². The van der Waals surface area contributed by atoms with Crippen LogP contribution in [0.25, 0.3) is 0 Å². The van der Waals surface area contributed by atoms with Gasteiger partial charge in [-0.25, -0.2) is 8.42 Å². The molecule has 0 spiro atoms. The number of hydrogen-bond acceptors (Lipinski definition) is 8. The van der Waals surface area contributed by atoms with E-state index < -0.39 is 21.4 Å². The van der Waals surface area contributed by atoms with Crippen LogP contribution in [-0.4, -0.2) is 39.8 Å². The van der Waals surface area contributed by atoms with Gasteiger partial charge in [-0.1, -0.05) is 49.0 Å². The molecule has 1 amide bonds. The SMILES string of the molecule is CCS(=O)(=O)c1ccc(C(Oc2ccccc2)C(=O)NC2Nc3cc(OC)c(OC)cc3S2)cc1. The Morgan fingerprint density at radius 1 is 1.03 bits per heavy atom. The zero-order valence-electron chi connectivity index (χ0n) is 19.5. The van der Waals surface area contributed by atoms with Crippen molar-refractivity contribution in [1.29, 1.82) is 0 Å². The minimum atomic E-state index is -3.36. The number of para-hydroxylation sites is 1. The van der Waals surface area contributed by atoms with Crippen molar-refractivity contribution >= 4 is 33.2 Å². The summed E-state index contributed by atoms with van der Waals surface area (Å²) in [4.78, 5) is 14.5. The number of sulfone groups is 1. The molecule has 4 rings (SSSR count). The molecular weight excluding hydrogens is 488 g/mol. The molecular formula is C25H26N2O6S2. The molecule has 1 aliphatic heterocycles. The van der Waals surface area contributed by atoms with Crippen molar-refractivity contribution in [3.63, 3.8) is 0 Å². The lowest BCUT2D eigenvalue weighted by molar-refractivity contribution is -0.128. The molecule has 0 radical (unpaired) electrons. The zero-order chi connectivity index (χ0) is 25.0. The second-order valence-electron chi connectivity index (χ2n) is 7.64. The molecule has 0 aromatic heterocycles. The van der Waals surface area contributed by atoms with Gasteiger partial charge in [-0.3, -0.25) is 4.79 Å². The van der Waals surface area contributed by atoms with Gasteiger partial charge >= 0.3 is 0 Å². The molecule has 0 fully saturated rings. The summed E-state index contributed by atoms with van der Waals surface area (Å²) in [6.45, 7) is 1.59. The van der Waals surface area contributed by atoms with Gasteiger partial charge in [0.15, 0.2) is 26.8 Å². The van der Waals surface area contributed by atoms with Crippen LogP contribution in [-0.2, 0) is 14.6 Å². The van der Waals surface area contributed by atoms with E-state index in [2.05, 4.69) is 10.6 Å². The molecule has 8 nitrogen and oxygen atoms in total. The van der Waals surface area contributed by atoms with Gasteiger partial charge in [-0.2, -0.15) is 0 Å². The van der Waals surface area contributed by atoms with Gasteiger partial charge in [-0.15, -0.1) is 0 Å². The number of nitrogens with one attached hydrogen (secondary N) is 2. The lowest BCUT2D eigenvalue weighted by Gasteiger charge is -2.22. The third-order valence-corrected chi connectivity index (χ3v) is 8.26. The van der Waals surface area contributed by atoms with E-state index in [9.17, 15) is 13.2 Å². The van der Waals surface area contributed by atoms with Gasteiger partial charge in [0.25, 0.3) is 5.91 Å². The summed E-state index contributed by atoms with van der Waals surface area (Å²) < 4.78 is 41.2. The Hall–Kier alpha value is -3.37. The number of anilines is 1. The van der Waals surface area contributed by atoms with Crippen LogP contribution in [0.2, 0.25) is 0 Å². The maximum absolute atomic E-state index is 13.4. The summed E-state index contributed by atoms with van der Waals surface area (Å²) in [5.41, 5.74) is 0.897. The van der Waals surface area contributed by atoms with Crippen molar-refractivity contribution in [2.45, 2.75) is 28.3 Å². The number of rotatable bonds is 9. The summed E-state index contributed by atoms with van der Waals surface area (Å²) in [7, 11) is -0.224. The topological polar surface area (TPSA) is 103 Å². The van der Waals surface area contributed by atoms with Crippen LogP contribution in [0.1, 0.15) is 18.6 Å². The van der Waals surface area contributed by atoms with Gasteiger partial charge in [-0.05, 0) is 30.3 Å². The number of benzene rings is 3. The third-order valence-electron chi connectivity index (χ3n) is 5.45. The van der Waals surface area contributed by atoms with E-state index in [4.69, 9.17) is 14.2 Å². The molecule has 35 heavy (non-hydrogen) atoms. The Kier molecular flexibility index (Phi) is 7.42. The Morgan fingerprint density at radius 3 is 2.31 bits per heavy atom. The first-order valence-corrected chi connectivity index (χ1v) is 13.4. The maximum atomic E-state index is 13.4. The van der Waals surface area contributed by atoms with Gasteiger partial charge in [0.05, 0.1) is 30.6 Å². The molecule has 2 unspecified atom stereocenters. The predicted molar refractivity (Wildman–Crippen MR) is 135 cm³/mol. The molecule has 0 aliphatic carbocycles. The summed E-state index contributed by atoms with van der Waals surface area (Å²) in [5.74, 6) is 1.32. The monoisotopic (exact) mass is 514 g/mol. The van der Waals surface area contributed by atoms with E-state index in [0.29, 0.717) is 22.8 Å². The first-order valence-electron chi connectivity index (χ1n) is 10.9. The largest absolute Gasteiger partial charge is 0.493 e. The van der Waals surface area contributed by atoms with Crippen LogP contribution in [0.4, 0.5) is 5.69 Å². The quantitative estimate of drug-likeness (QED) is 0.437. The molecule has 0 saturated carbocycles. The number of thioether (sulfide) groups is 1. The Bertz CT molecular complexity index is 1260. The third kappa shape index (κ3) is 5.49. The molecule has 10 heteroatoms. The number of ether oxygens (including phenoxy) is 3. The highest BCUT2D eigenvalue weighted by Crippen LogP contribution is 2.44. The minimum absolute atomic E-state index is 0.00250. The number of methoxy groups -OCH3 is 2. The molecule has 3 aromatic carbocycles. The van der Waals surface area contributed by atoms with Crippen LogP contribution >= 0.6 is 11.8 Å². The molecule has 2 atom stereocenters. The summed E-state index contributed by atoms with van der Waals surface area (Å²) in [6, 6.07) is 18.9. The molecule has 0 bridgehead atoms. The molecule has 2 N–H and O–H groups in total. The Morgan fingerprint density at radius 2 is 1.69 bits per heavy atom. The number of amides is 1. The average Bonchev–Trinajstić information content (AvgIpc) is 3.27. The highest BCUT2D eigenvalue weighted by atomic mass is 32.2. The number of carbonyl (C=O) groups is 1. The van der Waals surface area contributed by atoms with E-state index >= 15 is 0 Å². The maximum Gasteiger partial charge on any atom is 0.268 e. The van der Waals surface area contributed by atoms with E-state index in [-0.39, 0.29) is 16.6 Å². The van der Waals surface area contributed by atoms with Crippen LogP contribution < -0.4 is 24.8 Å². The first kappa shape index (κ1) is 24.7. The number of fused-ring (bicyclic) bond motifs is 1. The summed E-state index contributed by atoms with van der Waals surface area (Å²) >= 11 is 1.43. The van der Waals surface area contributed by atoms with Gasteiger partial charge in [0, 0.05) is 16.5 Å². The Balaban J connectivity index is 1.56. The first-order chi connectivity index (χ1) is 16.8. The highest BCUT2D eigenvalue weighted by Gasteiger charge is 2.30. The van der Waals surface area contributed by atoms with Crippen molar-refractivity contribution in [3.05, 3.63) is 72.3 Å². The van der Waals surface area contributed by atoms with Crippen molar-refractivity contribution in [1.82, 2.24) is 5.32 Å². The fraction of sp³-hybridized carbons (Fsp3) is 0.240. The number of carbonyl (C=O) groups excluding carboxylic acids is 1. The van der Waals surface area contributed by atoms with Crippen molar-refractivity contribution in [2.75, 3.05) is 25.3 Å². The average molecular weight is 515 g/mol. The normalized spacial score (nSPS) is 15.5. The van der Waals surface area contributed by atoms with Crippen LogP contribution in [0.15, 0.2) is 76.5 Å². The summed E-state index contributed by atoms with van der Waals surface area (Å²) in [5, 5.41) is 6.22. The Labute approximate surface area is 208 Å². The van der Waals surface area contributed by atoms with Crippen molar-refractivity contribution in [2.24, 2.45) is 0 Å². The second-order valence-corrected chi connectivity index (χ2v) is 11.1. The zero-order valence-corrected chi connectivity index (χ0v) is 21.1. The van der Waals surface area contributed by atoms with E-state index in [1.165, 1.54) is 23.9 Å². The minimum Gasteiger partial charge on any atom is -0.493 e. The van der Waals surface area contributed by atoms with E-state index in [1.807, 2.05) is 30.3 Å². The predicted octanol–water partition coefficient (Wildman–Crippen LogP) is 4.24. The molecule has 184 valence electrons. The molecule has 1 heterocycles. The fourth-order valence-electron chi connectivity index (χ4n) is 3.56. The van der Waals surface area contributed by atoms with E-state index in [0.717, 1.165) is 10.6 Å². The van der Waals surface area contributed by atoms with Crippen molar-refractivity contribution < 1.29 is 27.4 Å². The van der Waals surface area contributed by atoms with Crippen LogP contribution in [0.3, 0.4) is 0 Å². The van der Waals surface area contributed by atoms with Gasteiger partial charge < -0.3 is 24.8 Å². The molecule has 1 aliphatic rings. The van der Waals surface area contributed by atoms with E-state index in [1.54, 1.807) is 45.4 Å². The van der Waals surface area contributed by atoms with Gasteiger partial charge in [0.1, 0.15) is 5.75 Å². The van der Waals surface area contributed by atoms with Crippen LogP contribution in [0, 0.1) is 0 Å². The highest BCUT2D eigenvalue weighted by molar-refractivity contribution is 8.00. The fourth-order valence-corrected chi connectivity index (χ4v) is 5.48. The summed E-state index contributed by atoms with van der Waals surface area (Å²) in [6.07, 6.45) is -0.994. The standard InChI is InChI=1S/C25H26N2O6S2/c1-4-35(29,30)18-12-10-16(11-13-18)23(33-17-8-6-5-7-9-17)24(28)27-25-26-19-14-20(31-2)21(32-3)15-22(19)34-25/h5-15,23,25-26H,4H2,1-3H3,(H,27,28). The second kappa shape index (κ2) is 10.5. The molecule has 3 aromatic rings. The van der Waals surface area contributed by atoms with Gasteiger partial charge in [0.2, 0.25) is 6.10 Å². The lowest BCUT2D eigenvalue weighted by atomic mass is 10.1. The smallest absolute Gasteiger partial charge is 0.268 e. The lowest BCUT2D eigenvalue weighted by Crippen LogP contribution is -2.40. The molecule has 0 saturated heterocycles. The van der Waals surface area contributed by atoms with Crippen LogP contribution in [0.5, 0.6) is 17.2 Å².